The maximum atomic E-state index is 9.74. The highest BCUT2D eigenvalue weighted by Gasteiger charge is 2.07. The van der Waals surface area contributed by atoms with Gasteiger partial charge in [0, 0.05) is 25.7 Å². The Morgan fingerprint density at radius 2 is 1.89 bits per heavy atom. The number of likely N-dealkylation sites (N-methyl/N-ethyl adjacent to an activating group) is 1. The fourth-order valence-corrected chi connectivity index (χ4v) is 1.82. The first-order valence-corrected chi connectivity index (χ1v) is 7.05. The van der Waals surface area contributed by atoms with E-state index >= 15 is 0 Å². The zero-order chi connectivity index (χ0) is 14.0. The first-order valence-electron chi connectivity index (χ1n) is 7.05. The minimum atomic E-state index is -0.409. The van der Waals surface area contributed by atoms with E-state index < -0.39 is 6.10 Å². The SMILES string of the molecule is CC(C)CCCOCC(O)CNC(C)CN(C)C. The molecule has 18 heavy (non-hydrogen) atoms. The molecule has 0 aromatic rings. The molecule has 0 fully saturated rings. The summed E-state index contributed by atoms with van der Waals surface area (Å²) in [5.74, 6) is 0.729. The van der Waals surface area contributed by atoms with Crippen molar-refractivity contribution in [1.82, 2.24) is 10.2 Å². The van der Waals surface area contributed by atoms with E-state index in [1.54, 1.807) is 0 Å². The lowest BCUT2D eigenvalue weighted by Crippen LogP contribution is -2.41. The number of hydrogen-bond donors (Lipinski definition) is 2. The second kappa shape index (κ2) is 10.7. The summed E-state index contributed by atoms with van der Waals surface area (Å²) in [4.78, 5) is 2.13. The van der Waals surface area contributed by atoms with Gasteiger partial charge in [0.1, 0.15) is 0 Å². The third kappa shape index (κ3) is 12.3. The van der Waals surface area contributed by atoms with Gasteiger partial charge in [-0.05, 0) is 39.8 Å². The van der Waals surface area contributed by atoms with Crippen molar-refractivity contribution in [3.8, 4) is 0 Å². The summed E-state index contributed by atoms with van der Waals surface area (Å²) in [6, 6.07) is 0.385. The van der Waals surface area contributed by atoms with Crippen molar-refractivity contribution < 1.29 is 9.84 Å². The van der Waals surface area contributed by atoms with Gasteiger partial charge in [-0.2, -0.15) is 0 Å². The second-order valence-corrected chi connectivity index (χ2v) is 5.84. The zero-order valence-electron chi connectivity index (χ0n) is 12.8. The van der Waals surface area contributed by atoms with E-state index in [2.05, 4.69) is 31.0 Å². The number of nitrogens with zero attached hydrogens (tertiary/aromatic N) is 1. The van der Waals surface area contributed by atoms with Gasteiger partial charge in [-0.1, -0.05) is 13.8 Å². The van der Waals surface area contributed by atoms with Crippen LogP contribution in [0.5, 0.6) is 0 Å². The Morgan fingerprint density at radius 1 is 1.22 bits per heavy atom. The quantitative estimate of drug-likeness (QED) is 0.550. The molecular weight excluding hydrogens is 228 g/mol. The summed E-state index contributed by atoms with van der Waals surface area (Å²) in [7, 11) is 4.10. The molecule has 0 rings (SSSR count). The van der Waals surface area contributed by atoms with Crippen LogP contribution in [0.2, 0.25) is 0 Å². The van der Waals surface area contributed by atoms with Crippen LogP contribution in [0.15, 0.2) is 0 Å². The molecule has 0 aliphatic rings. The van der Waals surface area contributed by atoms with E-state index in [4.69, 9.17) is 4.74 Å². The van der Waals surface area contributed by atoms with Crippen LogP contribution in [-0.4, -0.2) is 62.6 Å². The van der Waals surface area contributed by atoms with Crippen LogP contribution in [0.1, 0.15) is 33.6 Å². The maximum absolute atomic E-state index is 9.74. The molecule has 0 bridgehead atoms. The summed E-state index contributed by atoms with van der Waals surface area (Å²) in [5, 5.41) is 13.0. The molecule has 0 aliphatic carbocycles. The van der Waals surface area contributed by atoms with Crippen LogP contribution >= 0.6 is 0 Å². The second-order valence-electron chi connectivity index (χ2n) is 5.84. The third-order valence-electron chi connectivity index (χ3n) is 2.72. The van der Waals surface area contributed by atoms with Gasteiger partial charge in [-0.15, -0.1) is 0 Å². The van der Waals surface area contributed by atoms with Crippen LogP contribution in [0, 0.1) is 5.92 Å². The molecule has 0 aromatic carbocycles. The fourth-order valence-electron chi connectivity index (χ4n) is 1.82. The summed E-state index contributed by atoms with van der Waals surface area (Å²) < 4.78 is 5.46. The normalized spacial score (nSPS) is 15.3. The molecule has 0 saturated carbocycles. The highest BCUT2D eigenvalue weighted by Crippen LogP contribution is 2.03. The van der Waals surface area contributed by atoms with Crippen molar-refractivity contribution in [2.45, 2.75) is 45.8 Å². The lowest BCUT2D eigenvalue weighted by atomic mass is 10.1. The van der Waals surface area contributed by atoms with Crippen LogP contribution in [0.25, 0.3) is 0 Å². The van der Waals surface area contributed by atoms with Crippen molar-refractivity contribution in [3.63, 3.8) is 0 Å². The van der Waals surface area contributed by atoms with E-state index in [1.807, 2.05) is 14.1 Å². The first kappa shape index (κ1) is 17.8. The van der Waals surface area contributed by atoms with E-state index in [9.17, 15) is 5.11 Å². The lowest BCUT2D eigenvalue weighted by molar-refractivity contribution is 0.0333. The van der Waals surface area contributed by atoms with Gasteiger partial charge in [-0.3, -0.25) is 0 Å². The van der Waals surface area contributed by atoms with E-state index in [0.717, 1.165) is 25.5 Å². The van der Waals surface area contributed by atoms with Gasteiger partial charge in [0.2, 0.25) is 0 Å². The Bertz CT molecular complexity index is 187. The number of ether oxygens (including phenoxy) is 1. The van der Waals surface area contributed by atoms with Gasteiger partial charge in [-0.25, -0.2) is 0 Å². The van der Waals surface area contributed by atoms with Crippen molar-refractivity contribution in [3.05, 3.63) is 0 Å². The molecule has 2 N–H and O–H groups in total. The van der Waals surface area contributed by atoms with E-state index in [1.165, 1.54) is 6.42 Å². The van der Waals surface area contributed by atoms with Crippen molar-refractivity contribution in [2.24, 2.45) is 5.92 Å². The number of hydrogen-bond acceptors (Lipinski definition) is 4. The molecule has 0 aromatic heterocycles. The molecule has 2 unspecified atom stereocenters. The average Bonchev–Trinajstić information content (AvgIpc) is 2.24. The molecular formula is C14H32N2O2. The Kier molecular flexibility index (Phi) is 10.6. The standard InChI is InChI=1S/C14H32N2O2/c1-12(2)7-6-8-18-11-14(17)9-15-13(3)10-16(4)5/h12-15,17H,6-11H2,1-5H3. The van der Waals surface area contributed by atoms with E-state index in [-0.39, 0.29) is 0 Å². The number of aliphatic hydroxyl groups is 1. The number of aliphatic hydroxyl groups excluding tert-OH is 1. The highest BCUT2D eigenvalue weighted by atomic mass is 16.5. The van der Waals surface area contributed by atoms with E-state index in [0.29, 0.717) is 19.2 Å². The summed E-state index contributed by atoms with van der Waals surface area (Å²) in [6.45, 7) is 9.30. The lowest BCUT2D eigenvalue weighted by Gasteiger charge is -2.20. The molecule has 0 amide bonds. The Balaban J connectivity index is 3.39. The van der Waals surface area contributed by atoms with Crippen molar-refractivity contribution in [1.29, 1.82) is 0 Å². The first-order chi connectivity index (χ1) is 8.41. The van der Waals surface area contributed by atoms with Gasteiger partial charge in [0.25, 0.3) is 0 Å². The molecule has 110 valence electrons. The van der Waals surface area contributed by atoms with Crippen LogP contribution in [0.3, 0.4) is 0 Å². The Morgan fingerprint density at radius 3 is 2.44 bits per heavy atom. The monoisotopic (exact) mass is 260 g/mol. The molecule has 4 nitrogen and oxygen atoms in total. The van der Waals surface area contributed by atoms with Crippen LogP contribution in [-0.2, 0) is 4.74 Å². The van der Waals surface area contributed by atoms with Crippen LogP contribution in [0.4, 0.5) is 0 Å². The molecule has 0 spiro atoms. The number of nitrogens with one attached hydrogen (secondary N) is 1. The minimum absolute atomic E-state index is 0.385. The van der Waals surface area contributed by atoms with Gasteiger partial charge < -0.3 is 20.1 Å². The predicted octanol–water partition coefficient (Wildman–Crippen LogP) is 1.34. The molecule has 2 atom stereocenters. The zero-order valence-corrected chi connectivity index (χ0v) is 12.8. The summed E-state index contributed by atoms with van der Waals surface area (Å²) in [6.07, 6.45) is 1.86. The van der Waals surface area contributed by atoms with Gasteiger partial charge in [0.05, 0.1) is 12.7 Å². The molecule has 0 radical (unpaired) electrons. The smallest absolute Gasteiger partial charge is 0.0897 e. The topological polar surface area (TPSA) is 44.7 Å². The van der Waals surface area contributed by atoms with Crippen molar-refractivity contribution >= 4 is 0 Å². The van der Waals surface area contributed by atoms with Gasteiger partial charge in [0.15, 0.2) is 0 Å². The summed E-state index contributed by atoms with van der Waals surface area (Å²) in [5.41, 5.74) is 0. The van der Waals surface area contributed by atoms with Crippen molar-refractivity contribution in [2.75, 3.05) is 40.4 Å². The fraction of sp³-hybridized carbons (Fsp3) is 1.00. The number of rotatable bonds is 11. The van der Waals surface area contributed by atoms with Crippen LogP contribution < -0.4 is 5.32 Å². The van der Waals surface area contributed by atoms with Gasteiger partial charge >= 0.3 is 0 Å². The maximum Gasteiger partial charge on any atom is 0.0897 e. The highest BCUT2D eigenvalue weighted by molar-refractivity contribution is 4.67. The Labute approximate surface area is 113 Å². The molecule has 0 saturated heterocycles. The molecule has 0 heterocycles. The largest absolute Gasteiger partial charge is 0.389 e. The molecule has 4 heteroatoms. The minimum Gasteiger partial charge on any atom is -0.389 e. The summed E-state index contributed by atoms with van der Waals surface area (Å²) >= 11 is 0. The average molecular weight is 260 g/mol. The third-order valence-corrected chi connectivity index (χ3v) is 2.72. The molecule has 0 aliphatic heterocycles. The predicted molar refractivity (Wildman–Crippen MR) is 76.9 cm³/mol. The Hall–Kier alpha value is -0.160.